The van der Waals surface area contributed by atoms with Gasteiger partial charge in [0.05, 0.1) is 18.1 Å². The molecule has 0 spiro atoms. The molecule has 37 heavy (non-hydrogen) atoms. The summed E-state index contributed by atoms with van der Waals surface area (Å²) in [6.07, 6.45) is 6.23. The Morgan fingerprint density at radius 2 is 1.97 bits per heavy atom. The van der Waals surface area contributed by atoms with Crippen LogP contribution in [0.15, 0.2) is 72.5 Å². The first-order valence-corrected chi connectivity index (χ1v) is 12.4. The van der Waals surface area contributed by atoms with Gasteiger partial charge in [0.1, 0.15) is 17.9 Å². The third-order valence-corrected chi connectivity index (χ3v) is 6.30. The highest BCUT2D eigenvalue weighted by atomic mass is 32.1. The molecule has 0 fully saturated rings. The number of fused-ring (bicyclic) bond motifs is 1. The van der Waals surface area contributed by atoms with E-state index in [4.69, 9.17) is 10.7 Å². The maximum atomic E-state index is 12.8. The molecule has 192 valence electrons. The summed E-state index contributed by atoms with van der Waals surface area (Å²) in [5.74, 6) is -0.138. The van der Waals surface area contributed by atoms with Crippen molar-refractivity contribution in [3.63, 3.8) is 0 Å². The molecule has 0 saturated heterocycles. The van der Waals surface area contributed by atoms with E-state index < -0.39 is 17.4 Å². The van der Waals surface area contributed by atoms with E-state index in [1.807, 2.05) is 53.1 Å². The van der Waals surface area contributed by atoms with E-state index in [9.17, 15) is 14.4 Å². The molecule has 0 bridgehead atoms. The smallest absolute Gasteiger partial charge is 0.325 e. The van der Waals surface area contributed by atoms with Gasteiger partial charge in [0.25, 0.3) is 5.91 Å². The minimum absolute atomic E-state index is 0.171. The molecule has 1 heterocycles. The monoisotopic (exact) mass is 519 g/mol. The zero-order chi connectivity index (χ0) is 26.4. The number of amides is 2. The number of nitrogens with two attached hydrogens (primary N) is 1. The lowest BCUT2D eigenvalue weighted by molar-refractivity contribution is -0.139. The van der Waals surface area contributed by atoms with Crippen LogP contribution in [0.5, 0.6) is 0 Å². The summed E-state index contributed by atoms with van der Waals surface area (Å²) in [5, 5.41) is 5.68. The number of methoxy groups -OCH3 is 1. The Kier molecular flexibility index (Phi) is 7.98. The Bertz CT molecular complexity index is 1380. The van der Waals surface area contributed by atoms with Crippen LogP contribution in [-0.4, -0.2) is 46.7 Å². The number of aromatic nitrogens is 2. The zero-order valence-electron chi connectivity index (χ0n) is 20.4. The number of hydrogen-bond acceptors (Lipinski definition) is 7. The fourth-order valence-corrected chi connectivity index (χ4v) is 4.55. The van der Waals surface area contributed by atoms with Crippen LogP contribution in [0.1, 0.15) is 34.6 Å². The molecule has 3 aromatic rings. The lowest BCUT2D eigenvalue weighted by Gasteiger charge is -2.33. The fraction of sp³-hybridized carbons (Fsp3) is 0.259. The highest BCUT2D eigenvalue weighted by molar-refractivity contribution is 7.80. The molecule has 2 amide bonds. The van der Waals surface area contributed by atoms with Crippen molar-refractivity contribution in [3.05, 3.63) is 89.4 Å². The second-order valence-corrected chi connectivity index (χ2v) is 9.16. The maximum absolute atomic E-state index is 12.8. The Morgan fingerprint density at radius 1 is 1.19 bits per heavy atom. The van der Waals surface area contributed by atoms with Gasteiger partial charge < -0.3 is 25.7 Å². The molecule has 4 rings (SSSR count). The van der Waals surface area contributed by atoms with Crippen LogP contribution in [-0.2, 0) is 26.4 Å². The maximum Gasteiger partial charge on any atom is 0.325 e. The molecule has 0 saturated carbocycles. The van der Waals surface area contributed by atoms with Gasteiger partial charge in [-0.2, -0.15) is 12.6 Å². The van der Waals surface area contributed by atoms with Crippen LogP contribution in [0.3, 0.4) is 0 Å². The van der Waals surface area contributed by atoms with Crippen LogP contribution in [0.2, 0.25) is 0 Å². The molecular weight excluding hydrogens is 490 g/mol. The number of carbonyl (C=O) groups is 3. The van der Waals surface area contributed by atoms with E-state index in [2.05, 4.69) is 28.0 Å². The van der Waals surface area contributed by atoms with Crippen molar-refractivity contribution in [2.45, 2.75) is 24.9 Å². The van der Waals surface area contributed by atoms with Crippen molar-refractivity contribution in [2.75, 3.05) is 19.4 Å². The number of thiol groups is 1. The van der Waals surface area contributed by atoms with Crippen LogP contribution in [0.25, 0.3) is 11.0 Å². The van der Waals surface area contributed by atoms with Crippen molar-refractivity contribution in [3.8, 4) is 0 Å². The molecule has 9 nitrogen and oxygen atoms in total. The molecule has 1 aromatic heterocycles. The number of allylic oxidation sites excluding steroid dienone is 1. The normalized spacial score (nSPS) is 16.8. The van der Waals surface area contributed by atoms with Gasteiger partial charge in [-0.3, -0.25) is 14.4 Å². The average molecular weight is 520 g/mol. The summed E-state index contributed by atoms with van der Waals surface area (Å²) in [4.78, 5) is 41.8. The van der Waals surface area contributed by atoms with Crippen molar-refractivity contribution >= 4 is 41.4 Å². The Labute approximate surface area is 220 Å². The molecule has 1 aliphatic carbocycles. The molecule has 4 N–H and O–H groups in total. The molecule has 0 radical (unpaired) electrons. The average Bonchev–Trinajstić information content (AvgIpc) is 3.26. The first-order chi connectivity index (χ1) is 17.8. The van der Waals surface area contributed by atoms with Gasteiger partial charge in [-0.05, 0) is 48.1 Å². The van der Waals surface area contributed by atoms with E-state index in [1.165, 1.54) is 7.11 Å². The first kappa shape index (κ1) is 26.0. The Hall–Kier alpha value is -4.05. The number of esters is 1. The molecule has 2 aromatic carbocycles. The molecule has 0 aliphatic heterocycles. The van der Waals surface area contributed by atoms with Crippen LogP contribution in [0.4, 0.5) is 0 Å². The van der Waals surface area contributed by atoms with Crippen LogP contribution in [0, 0.1) is 0 Å². The fourth-order valence-electron chi connectivity index (χ4n) is 4.35. The molecule has 1 unspecified atom stereocenters. The first-order valence-electron chi connectivity index (χ1n) is 11.8. The lowest BCUT2D eigenvalue weighted by atomic mass is 9.88. The van der Waals surface area contributed by atoms with Crippen molar-refractivity contribution in [2.24, 2.45) is 5.73 Å². The third-order valence-electron chi connectivity index (χ3n) is 6.08. The number of rotatable bonds is 9. The molecule has 10 heteroatoms. The number of benzene rings is 2. The number of hydrogen-bond donors (Lipinski definition) is 4. The summed E-state index contributed by atoms with van der Waals surface area (Å²) in [7, 11) is 1.26. The van der Waals surface area contributed by atoms with Crippen LogP contribution >= 0.6 is 12.6 Å². The number of nitrogens with zero attached hydrogens (tertiary/aromatic N) is 2. The van der Waals surface area contributed by atoms with Gasteiger partial charge in [0, 0.05) is 24.2 Å². The summed E-state index contributed by atoms with van der Waals surface area (Å²) in [6.45, 7) is 0.250. The standard InChI is InChI=1S/C27H29N5O4S/c1-36-24(34)16-29-25(35)19-9-10-22-21(14-19)30-26(32(22)17-18-6-3-2-4-7-18)27(31-23(33)11-13-37)12-5-8-20(28)15-27/h2-10,14-15,37H,11-13,16-17,28H2,1H3,(H,29,35)(H,31,33). The summed E-state index contributed by atoms with van der Waals surface area (Å²) in [5.41, 5.74) is 8.48. The van der Waals surface area contributed by atoms with Gasteiger partial charge in [-0.15, -0.1) is 0 Å². The second-order valence-electron chi connectivity index (χ2n) is 8.71. The van der Waals surface area contributed by atoms with E-state index >= 15 is 0 Å². The van der Waals surface area contributed by atoms with Crippen LogP contribution < -0.4 is 16.4 Å². The minimum Gasteiger partial charge on any atom is -0.468 e. The summed E-state index contributed by atoms with van der Waals surface area (Å²) < 4.78 is 6.62. The van der Waals surface area contributed by atoms with Gasteiger partial charge in [0.2, 0.25) is 5.91 Å². The zero-order valence-corrected chi connectivity index (χ0v) is 21.3. The number of ether oxygens (including phenoxy) is 1. The summed E-state index contributed by atoms with van der Waals surface area (Å²) >= 11 is 4.20. The van der Waals surface area contributed by atoms with Gasteiger partial charge >= 0.3 is 5.97 Å². The number of carbonyl (C=O) groups excluding carboxylic acids is 3. The SMILES string of the molecule is COC(=O)CNC(=O)c1ccc2c(c1)nc(C1(NC(=O)CCS)C=C(N)C=CC1)n2Cc1ccccc1. The third kappa shape index (κ3) is 5.86. The quantitative estimate of drug-likeness (QED) is 0.254. The molecular formula is C27H29N5O4S. The molecule has 1 atom stereocenters. The van der Waals surface area contributed by atoms with E-state index in [1.54, 1.807) is 18.2 Å². The van der Waals surface area contributed by atoms with Gasteiger partial charge in [0.15, 0.2) is 0 Å². The van der Waals surface area contributed by atoms with E-state index in [0.29, 0.717) is 41.3 Å². The highest BCUT2D eigenvalue weighted by Crippen LogP contribution is 2.34. The number of imidazole rings is 1. The topological polar surface area (TPSA) is 128 Å². The van der Waals surface area contributed by atoms with Crippen molar-refractivity contribution in [1.82, 2.24) is 20.2 Å². The number of nitrogens with one attached hydrogen (secondary N) is 2. The van der Waals surface area contributed by atoms with Gasteiger partial charge in [-0.1, -0.05) is 36.4 Å². The highest BCUT2D eigenvalue weighted by Gasteiger charge is 2.37. The molecule has 1 aliphatic rings. The Morgan fingerprint density at radius 3 is 2.68 bits per heavy atom. The minimum atomic E-state index is -0.986. The van der Waals surface area contributed by atoms with E-state index in [0.717, 1.165) is 11.1 Å². The van der Waals surface area contributed by atoms with Crippen molar-refractivity contribution < 1.29 is 19.1 Å². The lowest BCUT2D eigenvalue weighted by Crippen LogP contribution is -2.47. The Balaban J connectivity index is 1.83. The van der Waals surface area contributed by atoms with E-state index in [-0.39, 0.29) is 18.9 Å². The predicted molar refractivity (Wildman–Crippen MR) is 144 cm³/mol. The predicted octanol–water partition coefficient (Wildman–Crippen LogP) is 2.42. The largest absolute Gasteiger partial charge is 0.468 e. The summed E-state index contributed by atoms with van der Waals surface area (Å²) in [6, 6.07) is 15.1. The van der Waals surface area contributed by atoms with Gasteiger partial charge in [-0.25, -0.2) is 4.98 Å². The van der Waals surface area contributed by atoms with Crippen molar-refractivity contribution in [1.29, 1.82) is 0 Å². The second kappa shape index (κ2) is 11.3.